The normalized spacial score (nSPS) is 12.3. The van der Waals surface area contributed by atoms with E-state index in [1.807, 2.05) is 61.8 Å². The second-order valence-corrected chi connectivity index (χ2v) is 9.05. The van der Waals surface area contributed by atoms with E-state index in [1.54, 1.807) is 30.0 Å². The van der Waals surface area contributed by atoms with E-state index >= 15 is 0 Å². The fourth-order valence-corrected chi connectivity index (χ4v) is 4.89. The van der Waals surface area contributed by atoms with Crippen LogP contribution >= 0.6 is 11.3 Å². The number of thiophene rings is 1. The first-order valence-corrected chi connectivity index (χ1v) is 11.9. The summed E-state index contributed by atoms with van der Waals surface area (Å²) in [5.41, 5.74) is 2.49. The Morgan fingerprint density at radius 1 is 1.06 bits per heavy atom. The molecular formula is C26H25N3O5S. The molecule has 2 aromatic heterocycles. The Morgan fingerprint density at radius 3 is 2.63 bits per heavy atom. The van der Waals surface area contributed by atoms with Crippen molar-refractivity contribution >= 4 is 22.9 Å². The van der Waals surface area contributed by atoms with Crippen molar-refractivity contribution in [2.75, 3.05) is 32.3 Å². The number of hydrogen-bond acceptors (Lipinski definition) is 7. The number of rotatable bonds is 7. The van der Waals surface area contributed by atoms with Crippen molar-refractivity contribution < 1.29 is 23.7 Å². The van der Waals surface area contributed by atoms with Crippen LogP contribution in [0, 0.1) is 0 Å². The summed E-state index contributed by atoms with van der Waals surface area (Å²) in [4.78, 5) is 17.1. The third kappa shape index (κ3) is 4.67. The highest BCUT2D eigenvalue weighted by atomic mass is 32.1. The smallest absolute Gasteiger partial charge is 0.268 e. The van der Waals surface area contributed by atoms with Crippen LogP contribution in [-0.2, 0) is 13.6 Å². The standard InChI is InChI=1S/C26H25N3O5S/c1-28-16-19(14-27-28)29(15-18-12-20(31-2)5-7-21(18)32-3)26(30)25-9-8-24(35-25)17-4-6-22-23(13-17)34-11-10-33-22/h4-9,12-14,16H,10-11,15H2,1-3H3. The largest absolute Gasteiger partial charge is 0.497 e. The van der Waals surface area contributed by atoms with Crippen molar-refractivity contribution in [1.29, 1.82) is 0 Å². The summed E-state index contributed by atoms with van der Waals surface area (Å²) in [5, 5.41) is 4.27. The Morgan fingerprint density at radius 2 is 1.89 bits per heavy atom. The lowest BCUT2D eigenvalue weighted by Gasteiger charge is -2.22. The molecule has 2 aromatic carbocycles. The number of hydrogen-bond donors (Lipinski definition) is 0. The first kappa shape index (κ1) is 22.8. The number of ether oxygens (including phenoxy) is 4. The number of amides is 1. The number of nitrogens with zero attached hydrogens (tertiary/aromatic N) is 3. The highest BCUT2D eigenvalue weighted by Crippen LogP contribution is 2.37. The zero-order valence-electron chi connectivity index (χ0n) is 19.7. The SMILES string of the molecule is COc1ccc(OC)c(CN(C(=O)c2ccc(-c3ccc4c(c3)OCCO4)s2)c2cnn(C)c2)c1. The first-order chi connectivity index (χ1) is 17.1. The van der Waals surface area contributed by atoms with Gasteiger partial charge in [-0.05, 0) is 54.1 Å². The number of fused-ring (bicyclic) bond motifs is 1. The maximum atomic E-state index is 13.8. The lowest BCUT2D eigenvalue weighted by molar-refractivity contribution is 0.0989. The average Bonchev–Trinajstić information content (AvgIpc) is 3.56. The Labute approximate surface area is 207 Å². The lowest BCUT2D eigenvalue weighted by Crippen LogP contribution is -2.29. The van der Waals surface area contributed by atoms with Gasteiger partial charge in [-0.15, -0.1) is 11.3 Å². The molecule has 1 aliphatic heterocycles. The van der Waals surface area contributed by atoms with Crippen LogP contribution in [0.5, 0.6) is 23.0 Å². The Kier molecular flexibility index (Phi) is 6.33. The van der Waals surface area contributed by atoms with Crippen molar-refractivity contribution in [2.45, 2.75) is 6.54 Å². The van der Waals surface area contributed by atoms with Crippen LogP contribution in [0.15, 0.2) is 60.9 Å². The van der Waals surface area contributed by atoms with Crippen LogP contribution in [0.1, 0.15) is 15.2 Å². The van der Waals surface area contributed by atoms with Gasteiger partial charge < -0.3 is 23.8 Å². The number of carbonyl (C=O) groups excluding carboxylic acids is 1. The highest BCUT2D eigenvalue weighted by Gasteiger charge is 2.23. The van der Waals surface area contributed by atoms with E-state index in [0.717, 1.165) is 27.5 Å². The highest BCUT2D eigenvalue weighted by molar-refractivity contribution is 7.17. The van der Waals surface area contributed by atoms with Gasteiger partial charge in [0, 0.05) is 23.7 Å². The molecule has 0 spiro atoms. The van der Waals surface area contributed by atoms with Crippen LogP contribution in [-0.4, -0.2) is 43.1 Å². The number of carbonyl (C=O) groups is 1. The molecular weight excluding hydrogens is 466 g/mol. The molecule has 35 heavy (non-hydrogen) atoms. The molecule has 0 N–H and O–H groups in total. The van der Waals surface area contributed by atoms with Crippen molar-refractivity contribution in [3.63, 3.8) is 0 Å². The number of anilines is 1. The average molecular weight is 492 g/mol. The Bertz CT molecular complexity index is 1360. The van der Waals surface area contributed by atoms with Crippen molar-refractivity contribution in [3.8, 4) is 33.4 Å². The van der Waals surface area contributed by atoms with Crippen LogP contribution in [0.2, 0.25) is 0 Å². The van der Waals surface area contributed by atoms with Crippen LogP contribution < -0.4 is 23.8 Å². The van der Waals surface area contributed by atoms with E-state index in [1.165, 1.54) is 11.3 Å². The van der Waals surface area contributed by atoms with Crippen LogP contribution in [0.4, 0.5) is 5.69 Å². The molecule has 0 radical (unpaired) electrons. The molecule has 0 unspecified atom stereocenters. The number of benzene rings is 2. The molecule has 3 heterocycles. The van der Waals surface area contributed by atoms with Crippen molar-refractivity contribution in [1.82, 2.24) is 9.78 Å². The predicted molar refractivity (Wildman–Crippen MR) is 134 cm³/mol. The molecule has 0 saturated heterocycles. The van der Waals surface area contributed by atoms with Gasteiger partial charge in [0.05, 0.1) is 37.5 Å². The topological polar surface area (TPSA) is 75.1 Å². The first-order valence-electron chi connectivity index (χ1n) is 11.1. The summed E-state index contributed by atoms with van der Waals surface area (Å²) < 4.78 is 24.0. The monoisotopic (exact) mass is 491 g/mol. The lowest BCUT2D eigenvalue weighted by atomic mass is 10.1. The molecule has 4 aromatic rings. The summed E-state index contributed by atoms with van der Waals surface area (Å²) >= 11 is 1.43. The molecule has 0 fully saturated rings. The molecule has 0 saturated carbocycles. The Hall–Kier alpha value is -3.98. The minimum atomic E-state index is -0.128. The summed E-state index contributed by atoms with van der Waals surface area (Å²) in [6.45, 7) is 1.37. The fourth-order valence-electron chi connectivity index (χ4n) is 3.94. The molecule has 8 nitrogen and oxygen atoms in total. The third-order valence-electron chi connectivity index (χ3n) is 5.71. The molecule has 0 atom stereocenters. The fraction of sp³-hybridized carbons (Fsp3) is 0.231. The summed E-state index contributed by atoms with van der Waals surface area (Å²) in [7, 11) is 5.05. The van der Waals surface area contributed by atoms with Gasteiger partial charge in [-0.3, -0.25) is 9.48 Å². The van der Waals surface area contributed by atoms with Gasteiger partial charge in [-0.25, -0.2) is 0 Å². The van der Waals surface area contributed by atoms with Gasteiger partial charge in [0.1, 0.15) is 24.7 Å². The van der Waals surface area contributed by atoms with Gasteiger partial charge in [0.15, 0.2) is 11.5 Å². The minimum absolute atomic E-state index is 0.128. The summed E-state index contributed by atoms with van der Waals surface area (Å²) in [5.74, 6) is 2.70. The van der Waals surface area contributed by atoms with E-state index in [4.69, 9.17) is 18.9 Å². The van der Waals surface area contributed by atoms with E-state index in [2.05, 4.69) is 5.10 Å². The van der Waals surface area contributed by atoms with Crippen molar-refractivity contribution in [2.24, 2.45) is 7.05 Å². The van der Waals surface area contributed by atoms with E-state index in [9.17, 15) is 4.79 Å². The van der Waals surface area contributed by atoms with E-state index in [-0.39, 0.29) is 5.91 Å². The maximum Gasteiger partial charge on any atom is 0.268 e. The van der Waals surface area contributed by atoms with Crippen molar-refractivity contribution in [3.05, 3.63) is 71.4 Å². The number of methoxy groups -OCH3 is 2. The zero-order valence-corrected chi connectivity index (χ0v) is 20.5. The molecule has 0 aliphatic carbocycles. The van der Waals surface area contributed by atoms with Crippen LogP contribution in [0.3, 0.4) is 0 Å². The molecule has 0 bridgehead atoms. The molecule has 1 amide bonds. The Balaban J connectivity index is 1.47. The quantitative estimate of drug-likeness (QED) is 0.370. The summed E-state index contributed by atoms with van der Waals surface area (Å²) in [6, 6.07) is 15.2. The molecule has 9 heteroatoms. The van der Waals surface area contributed by atoms with Crippen LogP contribution in [0.25, 0.3) is 10.4 Å². The number of aryl methyl sites for hydroxylation is 1. The molecule has 5 rings (SSSR count). The predicted octanol–water partition coefficient (Wildman–Crippen LogP) is 4.78. The van der Waals surface area contributed by atoms with Gasteiger partial charge in [0.25, 0.3) is 5.91 Å². The molecule has 1 aliphatic rings. The second-order valence-electron chi connectivity index (χ2n) is 7.96. The molecule has 180 valence electrons. The van der Waals surface area contributed by atoms with Gasteiger partial charge in [-0.1, -0.05) is 0 Å². The zero-order chi connectivity index (χ0) is 24.4. The van der Waals surface area contributed by atoms with E-state index in [0.29, 0.717) is 41.8 Å². The van der Waals surface area contributed by atoms with Gasteiger partial charge >= 0.3 is 0 Å². The maximum absolute atomic E-state index is 13.8. The van der Waals surface area contributed by atoms with E-state index < -0.39 is 0 Å². The van der Waals surface area contributed by atoms with Gasteiger partial charge in [0.2, 0.25) is 0 Å². The third-order valence-corrected chi connectivity index (χ3v) is 6.83. The summed E-state index contributed by atoms with van der Waals surface area (Å²) in [6.07, 6.45) is 3.50. The minimum Gasteiger partial charge on any atom is -0.497 e. The second kappa shape index (κ2) is 9.71. The van der Waals surface area contributed by atoms with Gasteiger partial charge in [-0.2, -0.15) is 5.10 Å². The number of aromatic nitrogens is 2.